The van der Waals surface area contributed by atoms with Crippen molar-refractivity contribution < 1.29 is 9.94 Å². The lowest BCUT2D eigenvalue weighted by Crippen LogP contribution is -2.27. The minimum atomic E-state index is 0.874. The van der Waals surface area contributed by atoms with Gasteiger partial charge in [-0.3, -0.25) is 5.21 Å². The van der Waals surface area contributed by atoms with Gasteiger partial charge in [0.05, 0.1) is 9.71 Å². The zero-order chi connectivity index (χ0) is 9.26. The maximum Gasteiger partial charge on any atom is 0.249 e. The number of fused-ring (bicyclic) bond motifs is 1. The molecule has 0 aromatic carbocycles. The normalized spacial score (nSPS) is 10.8. The monoisotopic (exact) mass is 195 g/mol. The number of hydrogen-bond acceptors (Lipinski definition) is 3. The van der Waals surface area contributed by atoms with Gasteiger partial charge in [-0.05, 0) is 12.8 Å². The quantitative estimate of drug-likeness (QED) is 0.585. The molecule has 2 aromatic heterocycles. The van der Waals surface area contributed by atoms with Crippen molar-refractivity contribution in [3.8, 4) is 0 Å². The molecule has 2 rings (SSSR count). The van der Waals surface area contributed by atoms with E-state index in [9.17, 15) is 0 Å². The van der Waals surface area contributed by atoms with Crippen molar-refractivity contribution in [2.45, 2.75) is 19.8 Å². The zero-order valence-corrected chi connectivity index (χ0v) is 8.21. The fourth-order valence-corrected chi connectivity index (χ4v) is 2.27. The molecule has 0 fully saturated rings. The number of aryl methyl sites for hydroxylation is 1. The van der Waals surface area contributed by atoms with E-state index in [2.05, 4.69) is 11.9 Å². The topological polar surface area (TPSA) is 37.0 Å². The van der Waals surface area contributed by atoms with Crippen LogP contribution in [-0.2, 0) is 6.42 Å². The Morgan fingerprint density at radius 1 is 1.62 bits per heavy atom. The number of aromatic nitrogens is 2. The van der Waals surface area contributed by atoms with E-state index in [4.69, 9.17) is 5.21 Å². The predicted molar refractivity (Wildman–Crippen MR) is 51.0 cm³/mol. The van der Waals surface area contributed by atoms with E-state index in [1.54, 1.807) is 23.7 Å². The number of pyridine rings is 1. The molecule has 68 valence electrons. The van der Waals surface area contributed by atoms with E-state index >= 15 is 0 Å². The maximum atomic E-state index is 9.15. The van der Waals surface area contributed by atoms with E-state index in [-0.39, 0.29) is 0 Å². The summed E-state index contributed by atoms with van der Waals surface area (Å²) in [6, 6.07) is 1.88. The third-order valence-electron chi connectivity index (χ3n) is 1.82. The van der Waals surface area contributed by atoms with Gasteiger partial charge in [-0.1, -0.05) is 6.92 Å². The van der Waals surface area contributed by atoms with Crippen LogP contribution >= 0.6 is 11.3 Å². The van der Waals surface area contributed by atoms with Gasteiger partial charge < -0.3 is 0 Å². The van der Waals surface area contributed by atoms with Crippen molar-refractivity contribution in [3.05, 3.63) is 23.5 Å². The zero-order valence-electron chi connectivity index (χ0n) is 7.40. The van der Waals surface area contributed by atoms with Crippen molar-refractivity contribution in [2.75, 3.05) is 0 Å². The summed E-state index contributed by atoms with van der Waals surface area (Å²) in [6.07, 6.45) is 5.38. The van der Waals surface area contributed by atoms with Crippen molar-refractivity contribution >= 4 is 21.6 Å². The van der Waals surface area contributed by atoms with Crippen LogP contribution in [0.5, 0.6) is 0 Å². The van der Waals surface area contributed by atoms with Gasteiger partial charge in [0.15, 0.2) is 5.52 Å². The average molecular weight is 195 g/mol. The van der Waals surface area contributed by atoms with E-state index in [1.807, 2.05) is 6.07 Å². The van der Waals surface area contributed by atoms with Crippen molar-refractivity contribution in [1.29, 1.82) is 0 Å². The van der Waals surface area contributed by atoms with Gasteiger partial charge in [-0.15, -0.1) is 11.3 Å². The SMILES string of the molecule is CCCc1nc2c[n+](O)ccc2s1. The first-order chi connectivity index (χ1) is 6.29. The molecule has 0 aliphatic carbocycles. The summed E-state index contributed by atoms with van der Waals surface area (Å²) in [5.41, 5.74) is 0.874. The van der Waals surface area contributed by atoms with Gasteiger partial charge in [0, 0.05) is 10.8 Å². The Kier molecular flexibility index (Phi) is 2.14. The van der Waals surface area contributed by atoms with E-state index in [0.717, 1.165) is 32.8 Å². The number of thiazole rings is 1. The Morgan fingerprint density at radius 3 is 3.23 bits per heavy atom. The molecule has 0 aliphatic rings. The average Bonchev–Trinajstić information content (AvgIpc) is 2.46. The molecule has 0 saturated carbocycles. The molecule has 13 heavy (non-hydrogen) atoms. The van der Waals surface area contributed by atoms with Crippen LogP contribution in [0.2, 0.25) is 0 Å². The summed E-state index contributed by atoms with van der Waals surface area (Å²) in [6.45, 7) is 2.14. The van der Waals surface area contributed by atoms with Crippen LogP contribution in [0.15, 0.2) is 18.5 Å². The Bertz CT molecular complexity index is 424. The molecule has 0 aliphatic heterocycles. The number of hydrogen-bond donors (Lipinski definition) is 1. The summed E-state index contributed by atoms with van der Waals surface area (Å²) in [7, 11) is 0. The molecule has 0 amide bonds. The summed E-state index contributed by atoms with van der Waals surface area (Å²) < 4.78 is 2.17. The molecule has 0 bridgehead atoms. The van der Waals surface area contributed by atoms with Gasteiger partial charge >= 0.3 is 0 Å². The lowest BCUT2D eigenvalue weighted by molar-refractivity contribution is -0.904. The second-order valence-corrected chi connectivity index (χ2v) is 4.05. The summed E-state index contributed by atoms with van der Waals surface area (Å²) in [4.78, 5) is 4.40. The third kappa shape index (κ3) is 1.62. The minimum absolute atomic E-state index is 0.874. The van der Waals surface area contributed by atoms with Gasteiger partial charge in [0.1, 0.15) is 0 Å². The first kappa shape index (κ1) is 8.44. The number of rotatable bonds is 2. The maximum absolute atomic E-state index is 9.15. The largest absolute Gasteiger partial charge is 0.285 e. The second kappa shape index (κ2) is 3.30. The van der Waals surface area contributed by atoms with Crippen LogP contribution in [-0.4, -0.2) is 10.2 Å². The van der Waals surface area contributed by atoms with Crippen LogP contribution in [0.1, 0.15) is 18.4 Å². The van der Waals surface area contributed by atoms with E-state index < -0.39 is 0 Å². The highest BCUT2D eigenvalue weighted by Crippen LogP contribution is 2.20. The van der Waals surface area contributed by atoms with Crippen LogP contribution in [0.4, 0.5) is 0 Å². The first-order valence-corrected chi connectivity index (χ1v) is 5.11. The van der Waals surface area contributed by atoms with Gasteiger partial charge in [-0.2, -0.15) is 0 Å². The molecule has 0 atom stereocenters. The molecule has 0 saturated heterocycles. The van der Waals surface area contributed by atoms with E-state index in [1.165, 1.54) is 0 Å². The second-order valence-electron chi connectivity index (χ2n) is 2.93. The lowest BCUT2D eigenvalue weighted by atomic mass is 10.3. The molecular formula is C9H11N2OS+. The lowest BCUT2D eigenvalue weighted by Gasteiger charge is -1.84. The first-order valence-electron chi connectivity index (χ1n) is 4.29. The molecule has 0 spiro atoms. The molecular weight excluding hydrogens is 184 g/mol. The molecule has 0 radical (unpaired) electrons. The predicted octanol–water partition coefficient (Wildman–Crippen LogP) is 1.77. The van der Waals surface area contributed by atoms with Crippen molar-refractivity contribution in [3.63, 3.8) is 0 Å². The van der Waals surface area contributed by atoms with Gasteiger partial charge in [0.25, 0.3) is 0 Å². The molecule has 0 unspecified atom stereocenters. The minimum Gasteiger partial charge on any atom is -0.285 e. The highest BCUT2D eigenvalue weighted by Gasteiger charge is 2.07. The third-order valence-corrected chi connectivity index (χ3v) is 2.92. The van der Waals surface area contributed by atoms with Crippen LogP contribution in [0.25, 0.3) is 10.2 Å². The highest BCUT2D eigenvalue weighted by atomic mass is 32.1. The van der Waals surface area contributed by atoms with Crippen LogP contribution in [0.3, 0.4) is 0 Å². The molecule has 2 heterocycles. The standard InChI is InChI=1S/C9H11N2OS/c1-2-3-9-10-7-6-11(12)5-4-8(7)13-9/h4-6,12H,2-3H2,1H3/q+1. The van der Waals surface area contributed by atoms with Gasteiger partial charge in [-0.25, -0.2) is 4.98 Å². The molecule has 1 N–H and O–H groups in total. The molecule has 2 aromatic rings. The highest BCUT2D eigenvalue weighted by molar-refractivity contribution is 7.18. The summed E-state index contributed by atoms with van der Waals surface area (Å²) >= 11 is 1.69. The summed E-state index contributed by atoms with van der Waals surface area (Å²) in [5, 5.41) is 10.3. The molecule has 3 nitrogen and oxygen atoms in total. The number of nitrogens with zero attached hydrogens (tertiary/aromatic N) is 2. The Labute approximate surface area is 80.2 Å². The van der Waals surface area contributed by atoms with Crippen molar-refractivity contribution in [2.24, 2.45) is 0 Å². The fourth-order valence-electron chi connectivity index (χ4n) is 1.24. The van der Waals surface area contributed by atoms with Crippen LogP contribution in [0, 0.1) is 0 Å². The van der Waals surface area contributed by atoms with Crippen molar-refractivity contribution in [1.82, 2.24) is 4.98 Å². The molecule has 4 heteroatoms. The van der Waals surface area contributed by atoms with E-state index in [0.29, 0.717) is 0 Å². The van der Waals surface area contributed by atoms with Gasteiger partial charge in [0.2, 0.25) is 12.4 Å². The Balaban J connectivity index is 2.49. The Hall–Kier alpha value is -1.16. The summed E-state index contributed by atoms with van der Waals surface area (Å²) in [5.74, 6) is 0. The Morgan fingerprint density at radius 2 is 2.46 bits per heavy atom. The smallest absolute Gasteiger partial charge is 0.249 e. The fraction of sp³-hybridized carbons (Fsp3) is 0.333. The van der Waals surface area contributed by atoms with Crippen LogP contribution < -0.4 is 4.73 Å².